The SMILES string of the molecule is CC(CCN)CCC(=O)N(C)C1COCC1C(=O)O. The molecule has 6 heteroatoms. The highest BCUT2D eigenvalue weighted by molar-refractivity contribution is 5.78. The second kappa shape index (κ2) is 7.45. The molecule has 3 atom stereocenters. The van der Waals surface area contributed by atoms with Crippen molar-refractivity contribution in [2.75, 3.05) is 26.8 Å². The van der Waals surface area contributed by atoms with Gasteiger partial charge in [0.15, 0.2) is 0 Å². The summed E-state index contributed by atoms with van der Waals surface area (Å²) in [6.45, 7) is 3.18. The number of hydrogen-bond donors (Lipinski definition) is 2. The van der Waals surface area contributed by atoms with E-state index in [9.17, 15) is 9.59 Å². The van der Waals surface area contributed by atoms with Crippen LogP contribution in [0.15, 0.2) is 0 Å². The summed E-state index contributed by atoms with van der Waals surface area (Å²) in [5.41, 5.74) is 5.47. The maximum absolute atomic E-state index is 12.1. The average molecular weight is 272 g/mol. The third kappa shape index (κ3) is 4.47. The minimum absolute atomic E-state index is 0.0226. The van der Waals surface area contributed by atoms with E-state index >= 15 is 0 Å². The fourth-order valence-electron chi connectivity index (χ4n) is 2.32. The van der Waals surface area contributed by atoms with Crippen LogP contribution in [-0.4, -0.2) is 54.7 Å². The van der Waals surface area contributed by atoms with Crippen LogP contribution in [0.4, 0.5) is 0 Å². The monoisotopic (exact) mass is 272 g/mol. The lowest BCUT2D eigenvalue weighted by atomic mass is 9.99. The standard InChI is InChI=1S/C13H24N2O4/c1-9(5-6-14)3-4-12(16)15(2)11-8-19-7-10(11)13(17)18/h9-11H,3-8,14H2,1-2H3,(H,17,18). The lowest BCUT2D eigenvalue weighted by Crippen LogP contribution is -2.44. The molecule has 1 fully saturated rings. The first-order valence-corrected chi connectivity index (χ1v) is 6.73. The van der Waals surface area contributed by atoms with Crippen molar-refractivity contribution in [3.05, 3.63) is 0 Å². The Morgan fingerprint density at radius 3 is 2.68 bits per heavy atom. The zero-order valence-corrected chi connectivity index (χ0v) is 11.7. The van der Waals surface area contributed by atoms with Gasteiger partial charge in [0.1, 0.15) is 5.92 Å². The fourth-order valence-corrected chi connectivity index (χ4v) is 2.32. The maximum Gasteiger partial charge on any atom is 0.311 e. The quantitative estimate of drug-likeness (QED) is 0.695. The molecule has 19 heavy (non-hydrogen) atoms. The lowest BCUT2D eigenvalue weighted by Gasteiger charge is -2.26. The second-order valence-corrected chi connectivity index (χ2v) is 5.28. The van der Waals surface area contributed by atoms with Crippen molar-refractivity contribution < 1.29 is 19.4 Å². The molecule has 0 saturated carbocycles. The number of amides is 1. The molecule has 1 aliphatic heterocycles. The molecule has 1 saturated heterocycles. The number of aliphatic carboxylic acids is 1. The van der Waals surface area contributed by atoms with E-state index in [1.54, 1.807) is 7.05 Å². The molecule has 1 amide bonds. The van der Waals surface area contributed by atoms with E-state index in [0.717, 1.165) is 12.8 Å². The molecule has 0 spiro atoms. The van der Waals surface area contributed by atoms with E-state index in [0.29, 0.717) is 25.5 Å². The first kappa shape index (κ1) is 15.9. The number of nitrogens with zero attached hydrogens (tertiary/aromatic N) is 1. The number of rotatable bonds is 7. The highest BCUT2D eigenvalue weighted by atomic mass is 16.5. The Morgan fingerprint density at radius 2 is 2.11 bits per heavy atom. The molecule has 0 aromatic heterocycles. The fraction of sp³-hybridized carbons (Fsp3) is 0.846. The molecule has 6 nitrogen and oxygen atoms in total. The van der Waals surface area contributed by atoms with Gasteiger partial charge in [0, 0.05) is 13.5 Å². The third-order valence-electron chi connectivity index (χ3n) is 3.77. The lowest BCUT2D eigenvalue weighted by molar-refractivity contribution is -0.144. The molecular weight excluding hydrogens is 248 g/mol. The van der Waals surface area contributed by atoms with Crippen molar-refractivity contribution in [2.24, 2.45) is 17.6 Å². The van der Waals surface area contributed by atoms with Crippen LogP contribution in [0.25, 0.3) is 0 Å². The zero-order chi connectivity index (χ0) is 14.4. The Balaban J connectivity index is 2.45. The summed E-state index contributed by atoms with van der Waals surface area (Å²) in [7, 11) is 1.66. The van der Waals surface area contributed by atoms with Crippen LogP contribution in [0, 0.1) is 11.8 Å². The van der Waals surface area contributed by atoms with Crippen LogP contribution in [0.1, 0.15) is 26.2 Å². The smallest absolute Gasteiger partial charge is 0.311 e. The van der Waals surface area contributed by atoms with Gasteiger partial charge in [-0.1, -0.05) is 6.92 Å². The highest BCUT2D eigenvalue weighted by Gasteiger charge is 2.38. The van der Waals surface area contributed by atoms with Crippen LogP contribution < -0.4 is 5.73 Å². The van der Waals surface area contributed by atoms with Crippen LogP contribution in [0.3, 0.4) is 0 Å². The van der Waals surface area contributed by atoms with Crippen molar-refractivity contribution in [1.29, 1.82) is 0 Å². The number of carbonyl (C=O) groups is 2. The summed E-state index contributed by atoms with van der Waals surface area (Å²) in [5, 5.41) is 9.07. The number of nitrogens with two attached hydrogens (primary N) is 1. The normalized spacial score (nSPS) is 24.2. The second-order valence-electron chi connectivity index (χ2n) is 5.28. The summed E-state index contributed by atoms with van der Waals surface area (Å²) >= 11 is 0. The first-order valence-electron chi connectivity index (χ1n) is 6.73. The number of carboxylic acid groups (broad SMARTS) is 1. The van der Waals surface area contributed by atoms with E-state index in [-0.39, 0.29) is 18.6 Å². The van der Waals surface area contributed by atoms with Gasteiger partial charge in [-0.2, -0.15) is 0 Å². The van der Waals surface area contributed by atoms with Crippen molar-refractivity contribution in [1.82, 2.24) is 4.90 Å². The van der Waals surface area contributed by atoms with Crippen LogP contribution in [0.2, 0.25) is 0 Å². The van der Waals surface area contributed by atoms with Gasteiger partial charge in [-0.3, -0.25) is 9.59 Å². The Hall–Kier alpha value is -1.14. The summed E-state index contributed by atoms with van der Waals surface area (Å²) < 4.78 is 5.18. The van der Waals surface area contributed by atoms with Crippen molar-refractivity contribution in [2.45, 2.75) is 32.2 Å². The Labute approximate surface area is 113 Å². The molecule has 0 bridgehead atoms. The van der Waals surface area contributed by atoms with Gasteiger partial charge in [-0.05, 0) is 25.3 Å². The molecule has 3 N–H and O–H groups in total. The maximum atomic E-state index is 12.1. The number of carbonyl (C=O) groups excluding carboxylic acids is 1. The largest absolute Gasteiger partial charge is 0.481 e. The van der Waals surface area contributed by atoms with E-state index in [4.69, 9.17) is 15.6 Å². The molecule has 1 heterocycles. The molecule has 110 valence electrons. The first-order chi connectivity index (χ1) is 8.97. The van der Waals surface area contributed by atoms with Gasteiger partial charge in [0.2, 0.25) is 5.91 Å². The zero-order valence-electron chi connectivity index (χ0n) is 11.7. The van der Waals surface area contributed by atoms with Crippen LogP contribution in [-0.2, 0) is 14.3 Å². The highest BCUT2D eigenvalue weighted by Crippen LogP contribution is 2.20. The Bertz CT molecular complexity index is 322. The van der Waals surface area contributed by atoms with Crippen molar-refractivity contribution in [3.8, 4) is 0 Å². The minimum atomic E-state index is -0.904. The van der Waals surface area contributed by atoms with Crippen molar-refractivity contribution in [3.63, 3.8) is 0 Å². The van der Waals surface area contributed by atoms with Gasteiger partial charge in [-0.25, -0.2) is 0 Å². The third-order valence-corrected chi connectivity index (χ3v) is 3.77. The molecule has 0 radical (unpaired) electrons. The van der Waals surface area contributed by atoms with E-state index in [1.807, 2.05) is 0 Å². The number of hydrogen-bond acceptors (Lipinski definition) is 4. The van der Waals surface area contributed by atoms with Crippen LogP contribution in [0.5, 0.6) is 0 Å². The Kier molecular flexibility index (Phi) is 6.24. The molecule has 0 aromatic carbocycles. The molecule has 0 aromatic rings. The van der Waals surface area contributed by atoms with Gasteiger partial charge in [0.05, 0.1) is 19.3 Å². The van der Waals surface area contributed by atoms with E-state index < -0.39 is 11.9 Å². The minimum Gasteiger partial charge on any atom is -0.481 e. The van der Waals surface area contributed by atoms with Gasteiger partial charge in [0.25, 0.3) is 0 Å². The summed E-state index contributed by atoms with van der Waals surface area (Å²) in [4.78, 5) is 24.6. The summed E-state index contributed by atoms with van der Waals surface area (Å²) in [6, 6.07) is -0.352. The number of likely N-dealkylation sites (N-methyl/N-ethyl adjacent to an activating group) is 1. The summed E-state index contributed by atoms with van der Waals surface area (Å²) in [6.07, 6.45) is 2.12. The van der Waals surface area contributed by atoms with E-state index in [2.05, 4.69) is 6.92 Å². The molecule has 0 aliphatic carbocycles. The van der Waals surface area contributed by atoms with Gasteiger partial charge < -0.3 is 20.5 Å². The van der Waals surface area contributed by atoms with Crippen LogP contribution >= 0.6 is 0 Å². The topological polar surface area (TPSA) is 92.9 Å². The Morgan fingerprint density at radius 1 is 1.42 bits per heavy atom. The predicted octanol–water partition coefficient (Wildman–Crippen LogP) is 0.310. The molecular formula is C13H24N2O4. The molecule has 1 rings (SSSR count). The molecule has 1 aliphatic rings. The molecule has 3 unspecified atom stereocenters. The van der Waals surface area contributed by atoms with E-state index in [1.165, 1.54) is 4.90 Å². The average Bonchev–Trinajstić information content (AvgIpc) is 2.84. The summed E-state index contributed by atoms with van der Waals surface area (Å²) in [5.74, 6) is -1.13. The van der Waals surface area contributed by atoms with Gasteiger partial charge >= 0.3 is 5.97 Å². The number of carboxylic acids is 1. The predicted molar refractivity (Wildman–Crippen MR) is 70.6 cm³/mol. The van der Waals surface area contributed by atoms with Crippen molar-refractivity contribution >= 4 is 11.9 Å². The number of ether oxygens (including phenoxy) is 1. The van der Waals surface area contributed by atoms with Gasteiger partial charge in [-0.15, -0.1) is 0 Å².